The molecule has 76 valence electrons. The Morgan fingerprint density at radius 1 is 1.29 bits per heavy atom. The Balaban J connectivity index is 1.84. The molecular formula is C11H14BrNS. The van der Waals surface area contributed by atoms with E-state index in [2.05, 4.69) is 32.7 Å². The molecule has 2 atom stereocenters. The van der Waals surface area contributed by atoms with E-state index in [1.807, 2.05) is 11.3 Å². The van der Waals surface area contributed by atoms with Gasteiger partial charge in [-0.3, -0.25) is 0 Å². The topological polar surface area (TPSA) is 12.0 Å². The van der Waals surface area contributed by atoms with Crippen molar-refractivity contribution in [2.24, 2.45) is 0 Å². The van der Waals surface area contributed by atoms with Crippen molar-refractivity contribution in [2.75, 3.05) is 0 Å². The van der Waals surface area contributed by atoms with Crippen molar-refractivity contribution in [2.45, 2.75) is 43.7 Å². The minimum atomic E-state index is 0.799. The van der Waals surface area contributed by atoms with Gasteiger partial charge >= 0.3 is 0 Å². The third-order valence-corrected chi connectivity index (χ3v) is 5.52. The van der Waals surface area contributed by atoms with Gasteiger partial charge in [0.05, 0.1) is 0 Å². The van der Waals surface area contributed by atoms with Crippen LogP contribution in [0.25, 0.3) is 0 Å². The zero-order valence-electron chi connectivity index (χ0n) is 8.00. The first kappa shape index (κ1) is 9.37. The maximum absolute atomic E-state index is 3.69. The first-order valence-electron chi connectivity index (χ1n) is 5.32. The number of piperidine rings is 1. The summed E-state index contributed by atoms with van der Waals surface area (Å²) < 4.78 is 1.33. The molecule has 3 heterocycles. The van der Waals surface area contributed by atoms with Crippen LogP contribution in [0.4, 0.5) is 0 Å². The molecule has 0 aliphatic carbocycles. The van der Waals surface area contributed by atoms with Gasteiger partial charge in [-0.05, 0) is 59.0 Å². The van der Waals surface area contributed by atoms with Crippen molar-refractivity contribution < 1.29 is 0 Å². The zero-order chi connectivity index (χ0) is 9.54. The molecule has 3 heteroatoms. The number of thiophene rings is 1. The zero-order valence-corrected chi connectivity index (χ0v) is 10.4. The first-order chi connectivity index (χ1) is 6.83. The maximum atomic E-state index is 3.69. The van der Waals surface area contributed by atoms with Gasteiger partial charge in [0.25, 0.3) is 0 Å². The lowest BCUT2D eigenvalue weighted by Crippen LogP contribution is -2.37. The molecule has 2 fully saturated rings. The average molecular weight is 272 g/mol. The Bertz CT molecular complexity index is 324. The van der Waals surface area contributed by atoms with Gasteiger partial charge in [0.15, 0.2) is 0 Å². The predicted molar refractivity (Wildman–Crippen MR) is 63.9 cm³/mol. The number of halogens is 1. The van der Waals surface area contributed by atoms with Crippen molar-refractivity contribution >= 4 is 27.3 Å². The molecule has 2 bridgehead atoms. The molecule has 0 amide bonds. The Morgan fingerprint density at radius 3 is 2.57 bits per heavy atom. The summed E-state index contributed by atoms with van der Waals surface area (Å²) in [5.41, 5.74) is 0. The molecule has 2 unspecified atom stereocenters. The smallest absolute Gasteiger partial charge is 0.0317 e. The number of fused-ring (bicyclic) bond motifs is 2. The fourth-order valence-corrected chi connectivity index (χ4v) is 4.70. The monoisotopic (exact) mass is 271 g/mol. The van der Waals surface area contributed by atoms with Gasteiger partial charge in [-0.15, -0.1) is 11.3 Å². The highest BCUT2D eigenvalue weighted by molar-refractivity contribution is 9.10. The summed E-state index contributed by atoms with van der Waals surface area (Å²) >= 11 is 5.57. The van der Waals surface area contributed by atoms with E-state index in [4.69, 9.17) is 0 Å². The summed E-state index contributed by atoms with van der Waals surface area (Å²) in [4.78, 5) is 1.57. The van der Waals surface area contributed by atoms with E-state index >= 15 is 0 Å². The molecule has 1 aromatic heterocycles. The Kier molecular flexibility index (Phi) is 2.42. The number of rotatable bonds is 1. The van der Waals surface area contributed by atoms with Crippen molar-refractivity contribution in [3.63, 3.8) is 0 Å². The lowest BCUT2D eigenvalue weighted by Gasteiger charge is -2.28. The minimum absolute atomic E-state index is 0.799. The highest BCUT2D eigenvalue weighted by Gasteiger charge is 2.34. The lowest BCUT2D eigenvalue weighted by molar-refractivity contribution is 0.366. The Hall–Kier alpha value is 0.140. The molecule has 0 spiro atoms. The molecule has 14 heavy (non-hydrogen) atoms. The second-order valence-electron chi connectivity index (χ2n) is 4.44. The maximum Gasteiger partial charge on any atom is 0.0317 e. The molecule has 1 aromatic rings. The second-order valence-corrected chi connectivity index (χ2v) is 6.24. The van der Waals surface area contributed by atoms with Gasteiger partial charge in [-0.25, -0.2) is 0 Å². The minimum Gasteiger partial charge on any atom is -0.311 e. The van der Waals surface area contributed by atoms with E-state index in [0.29, 0.717) is 0 Å². The number of nitrogens with one attached hydrogen (secondary N) is 1. The summed E-state index contributed by atoms with van der Waals surface area (Å²) in [5.74, 6) is 0.808. The molecule has 0 radical (unpaired) electrons. The van der Waals surface area contributed by atoms with E-state index in [1.165, 1.54) is 30.2 Å². The van der Waals surface area contributed by atoms with Crippen LogP contribution < -0.4 is 5.32 Å². The van der Waals surface area contributed by atoms with E-state index in [1.54, 1.807) is 4.88 Å². The molecule has 2 saturated heterocycles. The van der Waals surface area contributed by atoms with Gasteiger partial charge < -0.3 is 5.32 Å². The van der Waals surface area contributed by atoms with E-state index in [-0.39, 0.29) is 0 Å². The van der Waals surface area contributed by atoms with Gasteiger partial charge in [-0.2, -0.15) is 0 Å². The summed E-state index contributed by atoms with van der Waals surface area (Å²) in [6.07, 6.45) is 5.47. The van der Waals surface area contributed by atoms with Crippen LogP contribution in [-0.4, -0.2) is 12.1 Å². The molecule has 0 saturated carbocycles. The van der Waals surface area contributed by atoms with Crippen LogP contribution in [-0.2, 0) is 0 Å². The van der Waals surface area contributed by atoms with Crippen molar-refractivity contribution in [1.29, 1.82) is 0 Å². The highest BCUT2D eigenvalue weighted by Crippen LogP contribution is 2.41. The van der Waals surface area contributed by atoms with Crippen LogP contribution in [0.15, 0.2) is 15.9 Å². The largest absolute Gasteiger partial charge is 0.311 e. The van der Waals surface area contributed by atoms with E-state index in [9.17, 15) is 0 Å². The van der Waals surface area contributed by atoms with Crippen LogP contribution in [0.3, 0.4) is 0 Å². The van der Waals surface area contributed by atoms with Crippen LogP contribution in [0, 0.1) is 0 Å². The van der Waals surface area contributed by atoms with Crippen LogP contribution in [0.1, 0.15) is 36.5 Å². The fraction of sp³-hybridized carbons (Fsp3) is 0.636. The van der Waals surface area contributed by atoms with Crippen molar-refractivity contribution in [3.05, 3.63) is 20.8 Å². The lowest BCUT2D eigenvalue weighted by atomic mass is 9.91. The molecule has 1 N–H and O–H groups in total. The Morgan fingerprint density at radius 2 is 2.00 bits per heavy atom. The summed E-state index contributed by atoms with van der Waals surface area (Å²) in [6.45, 7) is 0. The quantitative estimate of drug-likeness (QED) is 0.825. The van der Waals surface area contributed by atoms with Crippen molar-refractivity contribution in [3.8, 4) is 0 Å². The predicted octanol–water partition coefficient (Wildman–Crippen LogP) is 3.51. The number of hydrogen-bond donors (Lipinski definition) is 1. The summed E-state index contributed by atoms with van der Waals surface area (Å²) in [6, 6.07) is 3.78. The first-order valence-corrected chi connectivity index (χ1v) is 6.99. The fourth-order valence-electron chi connectivity index (χ4n) is 2.87. The normalized spacial score (nSPS) is 36.2. The molecule has 2 aliphatic rings. The average Bonchev–Trinajstić information content (AvgIpc) is 2.73. The van der Waals surface area contributed by atoms with Gasteiger partial charge in [0.1, 0.15) is 0 Å². The third kappa shape index (κ3) is 1.55. The molecule has 1 nitrogen and oxygen atoms in total. The summed E-state index contributed by atoms with van der Waals surface area (Å²) in [5, 5.41) is 5.89. The molecule has 3 rings (SSSR count). The van der Waals surface area contributed by atoms with Crippen LogP contribution in [0.2, 0.25) is 0 Å². The third-order valence-electron chi connectivity index (χ3n) is 3.49. The SMILES string of the molecule is Brc1ccsc1C1CC2CCC(C1)N2. The Labute approximate surface area is 97.0 Å². The van der Waals surface area contributed by atoms with E-state index < -0.39 is 0 Å². The number of hydrogen-bond acceptors (Lipinski definition) is 2. The van der Waals surface area contributed by atoms with Gasteiger partial charge in [0, 0.05) is 21.4 Å². The van der Waals surface area contributed by atoms with Crippen LogP contribution in [0.5, 0.6) is 0 Å². The highest BCUT2D eigenvalue weighted by atomic mass is 79.9. The van der Waals surface area contributed by atoms with Gasteiger partial charge in [-0.1, -0.05) is 0 Å². The molecule has 0 aromatic carbocycles. The van der Waals surface area contributed by atoms with Crippen LogP contribution >= 0.6 is 27.3 Å². The van der Waals surface area contributed by atoms with E-state index in [0.717, 1.165) is 18.0 Å². The second kappa shape index (κ2) is 3.62. The van der Waals surface area contributed by atoms with Crippen molar-refractivity contribution in [1.82, 2.24) is 5.32 Å². The molecular weight excluding hydrogens is 258 g/mol. The summed E-state index contributed by atoms with van der Waals surface area (Å²) in [7, 11) is 0. The molecule has 2 aliphatic heterocycles. The standard InChI is InChI=1S/C11H14BrNS/c12-10-3-4-14-11(10)7-5-8-1-2-9(6-7)13-8/h3-4,7-9,13H,1-2,5-6H2. The van der Waals surface area contributed by atoms with Gasteiger partial charge in [0.2, 0.25) is 0 Å².